The molecule has 2 atom stereocenters. The van der Waals surface area contributed by atoms with E-state index in [0.717, 1.165) is 13.0 Å². The van der Waals surface area contributed by atoms with E-state index in [-0.39, 0.29) is 11.8 Å². The molecule has 1 aliphatic rings. The topological polar surface area (TPSA) is 55.1 Å². The van der Waals surface area contributed by atoms with Gasteiger partial charge in [0.25, 0.3) is 0 Å². The third-order valence-electron chi connectivity index (χ3n) is 2.83. The van der Waals surface area contributed by atoms with E-state index in [2.05, 4.69) is 5.32 Å². The number of nitrogens with two attached hydrogens (primary N) is 1. The number of hydrogen-bond donors (Lipinski definition) is 2. The van der Waals surface area contributed by atoms with Crippen LogP contribution in [0.3, 0.4) is 0 Å². The van der Waals surface area contributed by atoms with E-state index in [1.807, 2.05) is 18.7 Å². The molecule has 0 aliphatic carbocycles. The molecule has 1 heterocycles. The van der Waals surface area contributed by atoms with E-state index >= 15 is 0 Å². The Morgan fingerprint density at radius 1 is 1.60 bits per heavy atom. The third-order valence-corrected chi connectivity index (χ3v) is 4.22. The zero-order valence-corrected chi connectivity index (χ0v) is 10.3. The number of rotatable bonds is 5. The highest BCUT2D eigenvalue weighted by molar-refractivity contribution is 7.99. The van der Waals surface area contributed by atoms with Crippen molar-refractivity contribution >= 4 is 17.7 Å². The number of carbonyl (C=O) groups is 1. The molecule has 0 aromatic carbocycles. The minimum atomic E-state index is 0.0589. The summed E-state index contributed by atoms with van der Waals surface area (Å²) in [6.45, 7) is 3.36. The van der Waals surface area contributed by atoms with Crippen molar-refractivity contribution in [1.29, 1.82) is 0 Å². The third kappa shape index (κ3) is 4.89. The number of thioether (sulfide) groups is 1. The van der Waals surface area contributed by atoms with Gasteiger partial charge in [-0.3, -0.25) is 4.79 Å². The molecule has 0 aromatic heterocycles. The van der Waals surface area contributed by atoms with Crippen LogP contribution in [0.2, 0.25) is 0 Å². The zero-order valence-electron chi connectivity index (χ0n) is 9.50. The normalized spacial score (nSPS) is 23.5. The molecule has 4 heteroatoms. The van der Waals surface area contributed by atoms with Crippen molar-refractivity contribution in [2.75, 3.05) is 18.8 Å². The van der Waals surface area contributed by atoms with Crippen molar-refractivity contribution in [3.05, 3.63) is 0 Å². The summed E-state index contributed by atoms with van der Waals surface area (Å²) in [7, 11) is 0. The van der Waals surface area contributed by atoms with E-state index in [0.29, 0.717) is 11.8 Å². The van der Waals surface area contributed by atoms with Gasteiger partial charge in [0.1, 0.15) is 0 Å². The molecule has 0 saturated carbocycles. The summed E-state index contributed by atoms with van der Waals surface area (Å²) < 4.78 is 0. The minimum absolute atomic E-state index is 0.0589. The van der Waals surface area contributed by atoms with Crippen LogP contribution >= 0.6 is 11.8 Å². The highest BCUT2D eigenvalue weighted by atomic mass is 32.2. The Morgan fingerprint density at radius 3 is 3.00 bits per heavy atom. The van der Waals surface area contributed by atoms with Gasteiger partial charge < -0.3 is 11.1 Å². The maximum Gasteiger partial charge on any atom is 0.222 e. The van der Waals surface area contributed by atoms with Gasteiger partial charge in [0, 0.05) is 17.7 Å². The molecule has 15 heavy (non-hydrogen) atoms. The summed E-state index contributed by atoms with van der Waals surface area (Å²) in [6.07, 6.45) is 4.67. The Balaban J connectivity index is 2.14. The average molecular weight is 230 g/mol. The first-order valence-electron chi connectivity index (χ1n) is 5.83. The lowest BCUT2D eigenvalue weighted by molar-refractivity contribution is -0.124. The second-order valence-electron chi connectivity index (χ2n) is 4.21. The first-order chi connectivity index (χ1) is 7.24. The number of hydrogen-bond acceptors (Lipinski definition) is 3. The molecule has 0 aromatic rings. The van der Waals surface area contributed by atoms with Gasteiger partial charge in [-0.15, -0.1) is 0 Å². The smallest absolute Gasteiger partial charge is 0.222 e. The molecule has 1 saturated heterocycles. The van der Waals surface area contributed by atoms with Crippen LogP contribution in [0.1, 0.15) is 32.6 Å². The van der Waals surface area contributed by atoms with E-state index < -0.39 is 0 Å². The van der Waals surface area contributed by atoms with E-state index in [9.17, 15) is 4.79 Å². The Labute approximate surface area is 96.6 Å². The molecule has 1 rings (SSSR count). The second-order valence-corrected chi connectivity index (χ2v) is 5.62. The summed E-state index contributed by atoms with van der Waals surface area (Å²) in [4.78, 5) is 11.6. The molecule has 3 N–H and O–H groups in total. The first-order valence-corrected chi connectivity index (χ1v) is 6.88. The largest absolute Gasteiger partial charge is 0.355 e. The standard InChI is InChI=1S/C11H22N2OS/c1-9(5-6-12)11(14)13-8-10-4-2-3-7-15-10/h9-10H,2-8,12H2,1H3,(H,13,14). The predicted molar refractivity (Wildman–Crippen MR) is 65.9 cm³/mol. The monoisotopic (exact) mass is 230 g/mol. The summed E-state index contributed by atoms with van der Waals surface area (Å²) in [5.74, 6) is 1.47. The lowest BCUT2D eigenvalue weighted by atomic mass is 10.1. The van der Waals surface area contributed by atoms with Gasteiger partial charge in [0.15, 0.2) is 0 Å². The molecular formula is C11H22N2OS. The van der Waals surface area contributed by atoms with Gasteiger partial charge in [0.2, 0.25) is 5.91 Å². The Bertz CT molecular complexity index is 193. The van der Waals surface area contributed by atoms with Gasteiger partial charge in [-0.25, -0.2) is 0 Å². The highest BCUT2D eigenvalue weighted by Crippen LogP contribution is 2.24. The van der Waals surface area contributed by atoms with Crippen LogP contribution in [0.25, 0.3) is 0 Å². The Morgan fingerprint density at radius 2 is 2.40 bits per heavy atom. The Hall–Kier alpha value is -0.220. The molecule has 3 nitrogen and oxygen atoms in total. The number of carbonyl (C=O) groups excluding carboxylic acids is 1. The maximum atomic E-state index is 11.6. The fraction of sp³-hybridized carbons (Fsp3) is 0.909. The van der Waals surface area contributed by atoms with Crippen molar-refractivity contribution in [2.45, 2.75) is 37.9 Å². The van der Waals surface area contributed by atoms with Crippen molar-refractivity contribution in [1.82, 2.24) is 5.32 Å². The Kier molecular flexibility index (Phi) is 6.10. The van der Waals surface area contributed by atoms with Crippen molar-refractivity contribution in [3.63, 3.8) is 0 Å². The van der Waals surface area contributed by atoms with E-state index in [4.69, 9.17) is 5.73 Å². The van der Waals surface area contributed by atoms with Gasteiger partial charge in [-0.1, -0.05) is 13.3 Å². The molecule has 1 amide bonds. The fourth-order valence-electron chi connectivity index (χ4n) is 1.74. The van der Waals surface area contributed by atoms with Crippen molar-refractivity contribution < 1.29 is 4.79 Å². The molecule has 2 unspecified atom stereocenters. The van der Waals surface area contributed by atoms with E-state index in [1.165, 1.54) is 25.0 Å². The zero-order chi connectivity index (χ0) is 11.1. The summed E-state index contributed by atoms with van der Waals surface area (Å²) in [5, 5.41) is 3.65. The quantitative estimate of drug-likeness (QED) is 0.750. The lowest BCUT2D eigenvalue weighted by Gasteiger charge is -2.22. The molecule has 1 fully saturated rings. The summed E-state index contributed by atoms with van der Waals surface area (Å²) in [5.41, 5.74) is 5.42. The molecule has 0 spiro atoms. The lowest BCUT2D eigenvalue weighted by Crippen LogP contribution is -2.35. The summed E-state index contributed by atoms with van der Waals surface area (Å²) >= 11 is 1.99. The van der Waals surface area contributed by atoms with Crippen LogP contribution in [-0.2, 0) is 4.79 Å². The molecule has 88 valence electrons. The van der Waals surface area contributed by atoms with Crippen LogP contribution in [-0.4, -0.2) is 30.0 Å². The highest BCUT2D eigenvalue weighted by Gasteiger charge is 2.16. The minimum Gasteiger partial charge on any atom is -0.355 e. The van der Waals surface area contributed by atoms with Gasteiger partial charge >= 0.3 is 0 Å². The molecule has 0 radical (unpaired) electrons. The van der Waals surface area contributed by atoms with Crippen molar-refractivity contribution in [3.8, 4) is 0 Å². The van der Waals surface area contributed by atoms with Crippen molar-refractivity contribution in [2.24, 2.45) is 11.7 Å². The van der Waals surface area contributed by atoms with Gasteiger partial charge in [-0.2, -0.15) is 11.8 Å². The molecule has 1 aliphatic heterocycles. The SMILES string of the molecule is CC(CCN)C(=O)NCC1CCCCS1. The van der Waals surface area contributed by atoms with E-state index in [1.54, 1.807) is 0 Å². The number of nitrogens with one attached hydrogen (secondary N) is 1. The van der Waals surface area contributed by atoms with Crippen LogP contribution in [0.15, 0.2) is 0 Å². The average Bonchev–Trinajstić information content (AvgIpc) is 2.27. The first kappa shape index (κ1) is 12.8. The van der Waals surface area contributed by atoms with Gasteiger partial charge in [0.05, 0.1) is 0 Å². The maximum absolute atomic E-state index is 11.6. The molecule has 0 bridgehead atoms. The molecular weight excluding hydrogens is 208 g/mol. The summed E-state index contributed by atoms with van der Waals surface area (Å²) in [6, 6.07) is 0. The van der Waals surface area contributed by atoms with Gasteiger partial charge in [-0.05, 0) is 31.6 Å². The van der Waals surface area contributed by atoms with Crippen LogP contribution in [0.4, 0.5) is 0 Å². The number of amides is 1. The van der Waals surface area contributed by atoms with Crippen LogP contribution < -0.4 is 11.1 Å². The van der Waals surface area contributed by atoms with Crippen LogP contribution in [0, 0.1) is 5.92 Å². The van der Waals surface area contributed by atoms with Crippen LogP contribution in [0.5, 0.6) is 0 Å². The predicted octanol–water partition coefficient (Wildman–Crippen LogP) is 1.37. The fourth-order valence-corrected chi connectivity index (χ4v) is 2.98. The second kappa shape index (κ2) is 7.12.